The molecular weight excluding hydrogens is 464 g/mol. The van der Waals surface area contributed by atoms with Gasteiger partial charge in [-0.15, -0.1) is 5.10 Å². The van der Waals surface area contributed by atoms with Crippen molar-refractivity contribution in [1.29, 1.82) is 0 Å². The number of fused-ring (bicyclic) bond motifs is 1. The van der Waals surface area contributed by atoms with E-state index in [-0.39, 0.29) is 17.7 Å². The molecular formula is C29H36N6O2. The lowest BCUT2D eigenvalue weighted by Crippen LogP contribution is -2.33. The van der Waals surface area contributed by atoms with Crippen LogP contribution in [0, 0.1) is 20.8 Å². The molecule has 0 amide bonds. The van der Waals surface area contributed by atoms with E-state index in [0.29, 0.717) is 19.6 Å². The molecule has 2 aromatic carbocycles. The predicted molar refractivity (Wildman–Crippen MR) is 144 cm³/mol. The van der Waals surface area contributed by atoms with Crippen molar-refractivity contribution in [2.45, 2.75) is 78.7 Å². The van der Waals surface area contributed by atoms with Gasteiger partial charge in [0, 0.05) is 25.3 Å². The fraction of sp³-hybridized carbons (Fsp3) is 0.448. The van der Waals surface area contributed by atoms with Gasteiger partial charge in [0.15, 0.2) is 5.82 Å². The maximum atomic E-state index is 13.3. The number of rotatable bonds is 9. The van der Waals surface area contributed by atoms with Gasteiger partial charge in [0.2, 0.25) is 0 Å². The Hall–Kier alpha value is -3.36. The Balaban J connectivity index is 1.51. The summed E-state index contributed by atoms with van der Waals surface area (Å²) in [6, 6.07) is 14.8. The number of aromatic amines is 1. The van der Waals surface area contributed by atoms with E-state index in [1.807, 2.05) is 17.7 Å². The minimum Gasteiger partial charge on any atom is -0.376 e. The molecule has 5 rings (SSSR count). The van der Waals surface area contributed by atoms with Crippen molar-refractivity contribution in [1.82, 2.24) is 30.1 Å². The van der Waals surface area contributed by atoms with Crippen molar-refractivity contribution in [3.63, 3.8) is 0 Å². The molecule has 0 radical (unpaired) electrons. The largest absolute Gasteiger partial charge is 0.376 e. The second-order valence-electron chi connectivity index (χ2n) is 10.3. The average Bonchev–Trinajstić information content (AvgIpc) is 3.55. The third kappa shape index (κ3) is 5.65. The van der Waals surface area contributed by atoms with Gasteiger partial charge in [-0.2, -0.15) is 0 Å². The van der Waals surface area contributed by atoms with Crippen LogP contribution in [-0.4, -0.2) is 42.8 Å². The van der Waals surface area contributed by atoms with Crippen LogP contribution >= 0.6 is 0 Å². The molecule has 8 nitrogen and oxygen atoms in total. The van der Waals surface area contributed by atoms with Gasteiger partial charge in [0.25, 0.3) is 5.56 Å². The van der Waals surface area contributed by atoms with Gasteiger partial charge in [-0.1, -0.05) is 48.4 Å². The first-order valence-corrected chi connectivity index (χ1v) is 13.2. The molecule has 194 valence electrons. The number of nitrogens with zero attached hydrogens (tertiary/aromatic N) is 5. The Labute approximate surface area is 217 Å². The van der Waals surface area contributed by atoms with Crippen LogP contribution < -0.4 is 5.56 Å². The maximum Gasteiger partial charge on any atom is 0.252 e. The lowest BCUT2D eigenvalue weighted by Gasteiger charge is -2.30. The van der Waals surface area contributed by atoms with Gasteiger partial charge >= 0.3 is 0 Å². The van der Waals surface area contributed by atoms with E-state index >= 15 is 0 Å². The lowest BCUT2D eigenvalue weighted by atomic mass is 10.0. The fourth-order valence-electron chi connectivity index (χ4n) is 5.44. The van der Waals surface area contributed by atoms with Gasteiger partial charge in [-0.05, 0) is 79.1 Å². The maximum absolute atomic E-state index is 13.3. The third-order valence-electron chi connectivity index (χ3n) is 7.34. The summed E-state index contributed by atoms with van der Waals surface area (Å²) in [7, 11) is 0. The smallest absolute Gasteiger partial charge is 0.252 e. The first-order valence-electron chi connectivity index (χ1n) is 13.2. The van der Waals surface area contributed by atoms with Crippen molar-refractivity contribution in [3.8, 4) is 0 Å². The van der Waals surface area contributed by atoms with Crippen molar-refractivity contribution >= 4 is 10.9 Å². The van der Waals surface area contributed by atoms with Crippen molar-refractivity contribution in [3.05, 3.63) is 86.5 Å². The molecule has 1 saturated heterocycles. The molecule has 4 aromatic rings. The average molecular weight is 501 g/mol. The SMILES string of the molecule is CCC(c1nnnn1CC1CCCO1)N(Cc1ccc(C)cc1)Cc1cc2cc(C)cc(C)c2[nH]c1=O. The van der Waals surface area contributed by atoms with Crippen LogP contribution in [0.2, 0.25) is 0 Å². The van der Waals surface area contributed by atoms with Crippen LogP contribution in [0.25, 0.3) is 10.9 Å². The van der Waals surface area contributed by atoms with Gasteiger partial charge in [0.1, 0.15) is 0 Å². The van der Waals surface area contributed by atoms with Crippen LogP contribution in [-0.2, 0) is 24.4 Å². The topological polar surface area (TPSA) is 88.9 Å². The van der Waals surface area contributed by atoms with E-state index in [9.17, 15) is 4.79 Å². The van der Waals surface area contributed by atoms with Crippen molar-refractivity contribution in [2.24, 2.45) is 0 Å². The zero-order valence-corrected chi connectivity index (χ0v) is 22.2. The Bertz CT molecular complexity index is 1420. The summed E-state index contributed by atoms with van der Waals surface area (Å²) in [6.07, 6.45) is 3.04. The predicted octanol–water partition coefficient (Wildman–Crippen LogP) is 4.77. The molecule has 0 bridgehead atoms. The van der Waals surface area contributed by atoms with Gasteiger partial charge in [0.05, 0.1) is 24.2 Å². The number of benzene rings is 2. The summed E-state index contributed by atoms with van der Waals surface area (Å²) < 4.78 is 7.75. The van der Waals surface area contributed by atoms with Gasteiger partial charge in [-0.3, -0.25) is 9.69 Å². The van der Waals surface area contributed by atoms with Crippen molar-refractivity contribution < 1.29 is 4.74 Å². The molecule has 0 saturated carbocycles. The molecule has 2 unspecified atom stereocenters. The zero-order valence-electron chi connectivity index (χ0n) is 22.2. The molecule has 0 spiro atoms. The van der Waals surface area contributed by atoms with E-state index in [1.165, 1.54) is 16.7 Å². The number of pyridine rings is 1. The highest BCUT2D eigenvalue weighted by Gasteiger charge is 2.28. The standard InChI is InChI=1S/C29H36N6O2/c1-5-26(28-31-32-33-35(28)18-25-7-6-12-37-25)34(16-22-10-8-19(2)9-11-22)17-24-15-23-14-20(3)13-21(4)27(23)30-29(24)36/h8-11,13-15,25-26H,5-7,12,16-18H2,1-4H3,(H,30,36). The summed E-state index contributed by atoms with van der Waals surface area (Å²) in [5, 5.41) is 13.9. The molecule has 1 N–H and O–H groups in total. The number of hydrogen-bond donors (Lipinski definition) is 1. The molecule has 8 heteroatoms. The van der Waals surface area contributed by atoms with Crippen LogP contribution in [0.4, 0.5) is 0 Å². The molecule has 1 fully saturated rings. The number of tetrazole rings is 1. The summed E-state index contributed by atoms with van der Waals surface area (Å²) >= 11 is 0. The lowest BCUT2D eigenvalue weighted by molar-refractivity contribution is 0.0888. The number of aromatic nitrogens is 5. The Morgan fingerprint density at radius 3 is 2.65 bits per heavy atom. The third-order valence-corrected chi connectivity index (χ3v) is 7.34. The number of aryl methyl sites for hydroxylation is 3. The van der Waals surface area contributed by atoms with Gasteiger partial charge < -0.3 is 9.72 Å². The first kappa shape index (κ1) is 25.3. The quantitative estimate of drug-likeness (QED) is 0.356. The summed E-state index contributed by atoms with van der Waals surface area (Å²) in [4.78, 5) is 18.7. The normalized spacial score (nSPS) is 16.6. The highest BCUT2D eigenvalue weighted by atomic mass is 16.5. The number of nitrogens with one attached hydrogen (secondary N) is 1. The second kappa shape index (κ2) is 10.9. The molecule has 3 heterocycles. The second-order valence-corrected chi connectivity index (χ2v) is 10.3. The van der Waals surface area contributed by atoms with Crippen molar-refractivity contribution in [2.75, 3.05) is 6.61 Å². The highest BCUT2D eigenvalue weighted by Crippen LogP contribution is 2.28. The minimum atomic E-state index is -0.0629. The molecule has 37 heavy (non-hydrogen) atoms. The number of ether oxygens (including phenoxy) is 1. The number of H-pyrrole nitrogens is 1. The fourth-order valence-corrected chi connectivity index (χ4v) is 5.44. The van der Waals surface area contributed by atoms with E-state index in [0.717, 1.165) is 53.7 Å². The molecule has 2 aromatic heterocycles. The monoisotopic (exact) mass is 500 g/mol. The van der Waals surface area contributed by atoms with E-state index < -0.39 is 0 Å². The van der Waals surface area contributed by atoms with E-state index in [4.69, 9.17) is 4.74 Å². The summed E-state index contributed by atoms with van der Waals surface area (Å²) in [5.41, 5.74) is 6.25. The minimum absolute atomic E-state index is 0.0536. The zero-order chi connectivity index (χ0) is 25.9. The Morgan fingerprint density at radius 1 is 1.11 bits per heavy atom. The molecule has 1 aliphatic rings. The van der Waals surface area contributed by atoms with E-state index in [2.05, 4.69) is 82.6 Å². The highest BCUT2D eigenvalue weighted by molar-refractivity contribution is 5.82. The van der Waals surface area contributed by atoms with Gasteiger partial charge in [-0.25, -0.2) is 4.68 Å². The molecule has 0 aliphatic carbocycles. The summed E-state index contributed by atoms with van der Waals surface area (Å²) in [5.74, 6) is 0.814. The van der Waals surface area contributed by atoms with Crippen LogP contribution in [0.5, 0.6) is 0 Å². The Kier molecular flexibility index (Phi) is 7.48. The van der Waals surface area contributed by atoms with Crippen LogP contribution in [0.3, 0.4) is 0 Å². The van der Waals surface area contributed by atoms with Crippen LogP contribution in [0.15, 0.2) is 47.3 Å². The molecule has 2 atom stereocenters. The first-order chi connectivity index (χ1) is 17.9. The number of hydrogen-bond acceptors (Lipinski definition) is 6. The summed E-state index contributed by atoms with van der Waals surface area (Å²) in [6.45, 7) is 11.0. The molecule has 1 aliphatic heterocycles. The Morgan fingerprint density at radius 2 is 1.92 bits per heavy atom. The van der Waals surface area contributed by atoms with E-state index in [1.54, 1.807) is 0 Å². The van der Waals surface area contributed by atoms with Crippen LogP contribution in [0.1, 0.15) is 65.9 Å².